The summed E-state index contributed by atoms with van der Waals surface area (Å²) in [4.78, 5) is 26.3. The summed E-state index contributed by atoms with van der Waals surface area (Å²) in [7, 11) is 1.84. The van der Waals surface area contributed by atoms with Gasteiger partial charge in [-0.1, -0.05) is 12.1 Å². The van der Waals surface area contributed by atoms with Crippen LogP contribution in [0.4, 0.5) is 5.69 Å². The summed E-state index contributed by atoms with van der Waals surface area (Å²) in [5.41, 5.74) is 0.821. The van der Waals surface area contributed by atoms with E-state index in [-0.39, 0.29) is 30.3 Å². The quantitative estimate of drug-likeness (QED) is 0.756. The highest BCUT2D eigenvalue weighted by Gasteiger charge is 2.38. The molecule has 0 aromatic heterocycles. The molecule has 2 unspecified atom stereocenters. The molecule has 0 bridgehead atoms. The van der Waals surface area contributed by atoms with Gasteiger partial charge in [0.1, 0.15) is 5.92 Å². The number of rotatable bonds is 5. The Morgan fingerprint density at radius 2 is 2.14 bits per heavy atom. The summed E-state index contributed by atoms with van der Waals surface area (Å²) in [5, 5.41) is 5.88. The van der Waals surface area contributed by atoms with Crippen molar-refractivity contribution in [1.82, 2.24) is 10.6 Å². The van der Waals surface area contributed by atoms with Gasteiger partial charge in [0.25, 0.3) is 0 Å². The summed E-state index contributed by atoms with van der Waals surface area (Å²) in [6.45, 7) is 3.07. The van der Waals surface area contributed by atoms with Gasteiger partial charge in [0, 0.05) is 23.6 Å². The molecule has 2 atom stereocenters. The predicted molar refractivity (Wildman–Crippen MR) is 93.4 cm³/mol. The van der Waals surface area contributed by atoms with E-state index in [1.165, 1.54) is 0 Å². The van der Waals surface area contributed by atoms with Crippen molar-refractivity contribution in [2.45, 2.75) is 19.4 Å². The van der Waals surface area contributed by atoms with Crippen molar-refractivity contribution in [2.75, 3.05) is 25.0 Å². The van der Waals surface area contributed by atoms with Gasteiger partial charge >= 0.3 is 0 Å². The number of likely N-dealkylation sites (N-methyl/N-ethyl adjacent to an activating group) is 1. The molecule has 0 saturated carbocycles. The van der Waals surface area contributed by atoms with Crippen LogP contribution < -0.4 is 15.5 Å². The number of benzene rings is 1. The highest BCUT2D eigenvalue weighted by Crippen LogP contribution is 2.31. The van der Waals surface area contributed by atoms with E-state index in [1.807, 2.05) is 38.2 Å². The van der Waals surface area contributed by atoms with Gasteiger partial charge in [0.05, 0.1) is 5.69 Å². The van der Waals surface area contributed by atoms with Crippen LogP contribution in [0.15, 0.2) is 28.7 Å². The summed E-state index contributed by atoms with van der Waals surface area (Å²) >= 11 is 3.45. The Hall–Kier alpha value is -1.11. The summed E-state index contributed by atoms with van der Waals surface area (Å²) < 4.78 is 0.864. The van der Waals surface area contributed by atoms with Crippen LogP contribution in [-0.2, 0) is 9.59 Å². The van der Waals surface area contributed by atoms with Crippen LogP contribution in [0, 0.1) is 5.92 Å². The molecular weight excluding hydrogens is 370 g/mol. The van der Waals surface area contributed by atoms with Crippen LogP contribution in [0.5, 0.6) is 0 Å². The number of anilines is 1. The third-order valence-corrected chi connectivity index (χ3v) is 4.41. The summed E-state index contributed by atoms with van der Waals surface area (Å²) in [6.07, 6.45) is 0.555. The third-order valence-electron chi connectivity index (χ3n) is 3.74. The average Bonchev–Trinajstić information content (AvgIpc) is 2.86. The first-order valence-electron chi connectivity index (χ1n) is 7.05. The maximum absolute atomic E-state index is 12.4. The fourth-order valence-electron chi connectivity index (χ4n) is 2.31. The number of halogens is 2. The number of para-hydroxylation sites is 1. The normalized spacial score (nSPS) is 18.8. The van der Waals surface area contributed by atoms with E-state index in [1.54, 1.807) is 4.90 Å². The lowest BCUT2D eigenvalue weighted by molar-refractivity contribution is -0.132. The van der Waals surface area contributed by atoms with Gasteiger partial charge in [0.15, 0.2) is 0 Å². The molecule has 122 valence electrons. The fraction of sp³-hybridized carbons (Fsp3) is 0.467. The molecule has 2 rings (SSSR count). The van der Waals surface area contributed by atoms with E-state index >= 15 is 0 Å². The molecule has 22 heavy (non-hydrogen) atoms. The van der Waals surface area contributed by atoms with Crippen molar-refractivity contribution in [2.24, 2.45) is 5.92 Å². The minimum absolute atomic E-state index is 0. The van der Waals surface area contributed by atoms with Gasteiger partial charge in [-0.3, -0.25) is 9.59 Å². The molecular formula is C15H21BrClN3O2. The lowest BCUT2D eigenvalue weighted by Gasteiger charge is -2.18. The molecule has 5 nitrogen and oxygen atoms in total. The number of nitrogens with zero attached hydrogens (tertiary/aromatic N) is 1. The number of hydrogen-bond donors (Lipinski definition) is 2. The van der Waals surface area contributed by atoms with Crippen molar-refractivity contribution in [3.05, 3.63) is 28.7 Å². The van der Waals surface area contributed by atoms with Crippen LogP contribution in [0.3, 0.4) is 0 Å². The Morgan fingerprint density at radius 3 is 2.77 bits per heavy atom. The lowest BCUT2D eigenvalue weighted by Crippen LogP contribution is -2.42. The van der Waals surface area contributed by atoms with E-state index in [0.717, 1.165) is 10.2 Å². The van der Waals surface area contributed by atoms with Crippen LogP contribution >= 0.6 is 28.3 Å². The van der Waals surface area contributed by atoms with Crippen molar-refractivity contribution >= 4 is 45.8 Å². The molecule has 0 radical (unpaired) electrons. The zero-order chi connectivity index (χ0) is 15.4. The van der Waals surface area contributed by atoms with Gasteiger partial charge in [0.2, 0.25) is 11.8 Å². The Kier molecular flexibility index (Phi) is 7.32. The molecule has 0 aliphatic carbocycles. The number of amides is 2. The van der Waals surface area contributed by atoms with Crippen molar-refractivity contribution in [3.8, 4) is 0 Å². The first-order chi connectivity index (χ1) is 10.0. The summed E-state index contributed by atoms with van der Waals surface area (Å²) in [5.74, 6) is -0.894. The molecule has 1 saturated heterocycles. The van der Waals surface area contributed by atoms with Crippen LogP contribution in [-0.4, -0.2) is 38.0 Å². The highest BCUT2D eigenvalue weighted by molar-refractivity contribution is 9.10. The van der Waals surface area contributed by atoms with Gasteiger partial charge in [-0.2, -0.15) is 0 Å². The first kappa shape index (κ1) is 18.9. The zero-order valence-corrected chi connectivity index (χ0v) is 15.0. The minimum Gasteiger partial charge on any atom is -0.354 e. The van der Waals surface area contributed by atoms with Gasteiger partial charge < -0.3 is 15.5 Å². The van der Waals surface area contributed by atoms with Crippen LogP contribution in [0.2, 0.25) is 0 Å². The fourth-order valence-corrected chi connectivity index (χ4v) is 2.81. The highest BCUT2D eigenvalue weighted by atomic mass is 79.9. The molecule has 1 aliphatic rings. The number of carbonyl (C=O) groups excluding carboxylic acids is 2. The smallest absolute Gasteiger partial charge is 0.239 e. The van der Waals surface area contributed by atoms with E-state index in [2.05, 4.69) is 26.6 Å². The van der Waals surface area contributed by atoms with Crippen molar-refractivity contribution in [1.29, 1.82) is 0 Å². The predicted octanol–water partition coefficient (Wildman–Crippen LogP) is 1.95. The molecule has 1 aromatic carbocycles. The topological polar surface area (TPSA) is 61.4 Å². The monoisotopic (exact) mass is 389 g/mol. The Labute approximate surface area is 145 Å². The van der Waals surface area contributed by atoms with E-state index in [0.29, 0.717) is 19.5 Å². The average molecular weight is 391 g/mol. The van der Waals surface area contributed by atoms with Crippen molar-refractivity contribution < 1.29 is 9.59 Å². The number of carbonyl (C=O) groups is 2. The molecule has 2 N–H and O–H groups in total. The van der Waals surface area contributed by atoms with Crippen molar-refractivity contribution in [3.63, 3.8) is 0 Å². The molecule has 2 amide bonds. The lowest BCUT2D eigenvalue weighted by atomic mass is 10.1. The second kappa shape index (κ2) is 8.50. The molecule has 0 spiro atoms. The zero-order valence-electron chi connectivity index (χ0n) is 12.6. The van der Waals surface area contributed by atoms with Crippen LogP contribution in [0.1, 0.15) is 13.3 Å². The van der Waals surface area contributed by atoms with Gasteiger partial charge in [-0.05, 0) is 48.5 Å². The number of hydrogen-bond acceptors (Lipinski definition) is 3. The molecule has 7 heteroatoms. The standard InChI is InChI=1S/C15H20BrN3O2.ClH/c1-10(17-2)9-18-14(20)11-7-8-19(15(11)21)13-6-4-3-5-12(13)16;/h3-6,10-11,17H,7-9H2,1-2H3,(H,18,20);1H. The second-order valence-corrected chi connectivity index (χ2v) is 6.07. The molecule has 1 fully saturated rings. The van der Waals surface area contributed by atoms with E-state index in [4.69, 9.17) is 0 Å². The first-order valence-corrected chi connectivity index (χ1v) is 7.84. The van der Waals surface area contributed by atoms with Gasteiger partial charge in [-0.15, -0.1) is 12.4 Å². The molecule has 1 aromatic rings. The molecule has 1 aliphatic heterocycles. The number of nitrogens with one attached hydrogen (secondary N) is 2. The largest absolute Gasteiger partial charge is 0.354 e. The Morgan fingerprint density at radius 1 is 1.45 bits per heavy atom. The Balaban J connectivity index is 0.00000242. The maximum atomic E-state index is 12.4. The summed E-state index contributed by atoms with van der Waals surface area (Å²) in [6, 6.07) is 7.74. The van der Waals surface area contributed by atoms with Crippen LogP contribution in [0.25, 0.3) is 0 Å². The van der Waals surface area contributed by atoms with E-state index in [9.17, 15) is 9.59 Å². The second-order valence-electron chi connectivity index (χ2n) is 5.22. The minimum atomic E-state index is -0.582. The third kappa shape index (κ3) is 4.21. The Bertz CT molecular complexity index is 541. The molecule has 1 heterocycles. The van der Waals surface area contributed by atoms with E-state index < -0.39 is 5.92 Å². The van der Waals surface area contributed by atoms with Gasteiger partial charge in [-0.25, -0.2) is 0 Å². The maximum Gasteiger partial charge on any atom is 0.239 e. The SMILES string of the molecule is CNC(C)CNC(=O)C1CCN(c2ccccc2Br)C1=O.Cl.